The van der Waals surface area contributed by atoms with Crippen molar-refractivity contribution in [3.8, 4) is 0 Å². The molecule has 0 aromatic heterocycles. The Morgan fingerprint density at radius 2 is 2.00 bits per heavy atom. The minimum absolute atomic E-state index is 0.0715. The van der Waals surface area contributed by atoms with E-state index in [-0.39, 0.29) is 18.7 Å². The van der Waals surface area contributed by atoms with Crippen molar-refractivity contribution in [3.63, 3.8) is 0 Å². The zero-order chi connectivity index (χ0) is 10.3. The molecule has 0 radical (unpaired) electrons. The Morgan fingerprint density at radius 3 is 2.46 bits per heavy atom. The van der Waals surface area contributed by atoms with Crippen LogP contribution in [0, 0.1) is 0 Å². The van der Waals surface area contributed by atoms with E-state index in [4.69, 9.17) is 14.2 Å². The van der Waals surface area contributed by atoms with E-state index in [1.54, 1.807) is 14.0 Å². The first-order valence-electron chi connectivity index (χ1n) is 4.42. The maximum absolute atomic E-state index is 11.2. The molecule has 4 nitrogen and oxygen atoms in total. The van der Waals surface area contributed by atoms with Gasteiger partial charge in [-0.15, -0.1) is 0 Å². The lowest BCUT2D eigenvalue weighted by Crippen LogP contribution is -2.26. The number of hydrogen-bond donors (Lipinski definition) is 0. The molecule has 2 unspecified atom stereocenters. The third kappa shape index (κ3) is 5.60. The van der Waals surface area contributed by atoms with E-state index in [0.29, 0.717) is 6.61 Å². The van der Waals surface area contributed by atoms with Crippen molar-refractivity contribution in [3.05, 3.63) is 0 Å². The van der Waals surface area contributed by atoms with Crippen LogP contribution in [0.2, 0.25) is 0 Å². The quantitative estimate of drug-likeness (QED) is 0.586. The molecule has 13 heavy (non-hydrogen) atoms. The third-order valence-electron chi connectivity index (χ3n) is 1.61. The highest BCUT2D eigenvalue weighted by Gasteiger charge is 2.14. The Labute approximate surface area is 79.2 Å². The molecule has 0 saturated heterocycles. The van der Waals surface area contributed by atoms with Crippen molar-refractivity contribution in [1.29, 1.82) is 0 Å². The van der Waals surface area contributed by atoms with Crippen molar-refractivity contribution >= 4 is 5.97 Å². The SMILES string of the molecule is CCOC(C)C(=O)OCC(C)OC. The smallest absolute Gasteiger partial charge is 0.335 e. The van der Waals surface area contributed by atoms with Gasteiger partial charge in [0, 0.05) is 13.7 Å². The molecule has 0 saturated carbocycles. The maximum atomic E-state index is 11.2. The minimum Gasteiger partial charge on any atom is -0.461 e. The van der Waals surface area contributed by atoms with E-state index >= 15 is 0 Å². The fourth-order valence-corrected chi connectivity index (χ4v) is 0.703. The molecule has 0 aliphatic rings. The second kappa shape index (κ2) is 6.86. The van der Waals surface area contributed by atoms with Crippen molar-refractivity contribution < 1.29 is 19.0 Å². The lowest BCUT2D eigenvalue weighted by molar-refractivity contribution is -0.158. The number of methoxy groups -OCH3 is 1. The Balaban J connectivity index is 3.61. The van der Waals surface area contributed by atoms with Gasteiger partial charge in [0.15, 0.2) is 6.10 Å². The molecule has 0 N–H and O–H groups in total. The second-order valence-electron chi connectivity index (χ2n) is 2.77. The highest BCUT2D eigenvalue weighted by atomic mass is 16.6. The number of carbonyl (C=O) groups is 1. The Kier molecular flexibility index (Phi) is 6.54. The fourth-order valence-electron chi connectivity index (χ4n) is 0.703. The van der Waals surface area contributed by atoms with Crippen molar-refractivity contribution in [2.45, 2.75) is 33.0 Å². The Bertz CT molecular complexity index is 147. The largest absolute Gasteiger partial charge is 0.461 e. The van der Waals surface area contributed by atoms with Gasteiger partial charge in [-0.25, -0.2) is 4.79 Å². The fraction of sp³-hybridized carbons (Fsp3) is 0.889. The predicted octanol–water partition coefficient (Wildman–Crippen LogP) is 0.990. The van der Waals surface area contributed by atoms with Gasteiger partial charge >= 0.3 is 5.97 Å². The van der Waals surface area contributed by atoms with E-state index in [2.05, 4.69) is 0 Å². The first-order chi connectivity index (χ1) is 6.11. The normalized spacial score (nSPS) is 15.1. The van der Waals surface area contributed by atoms with Gasteiger partial charge in [0.25, 0.3) is 0 Å². The summed E-state index contributed by atoms with van der Waals surface area (Å²) in [4.78, 5) is 11.2. The standard InChI is InChI=1S/C9H18O4/c1-5-12-8(3)9(10)13-6-7(2)11-4/h7-8H,5-6H2,1-4H3. The number of esters is 1. The zero-order valence-electron chi connectivity index (χ0n) is 8.70. The van der Waals surface area contributed by atoms with Gasteiger partial charge in [-0.1, -0.05) is 0 Å². The Morgan fingerprint density at radius 1 is 1.38 bits per heavy atom. The lowest BCUT2D eigenvalue weighted by atomic mass is 10.4. The molecule has 0 amide bonds. The van der Waals surface area contributed by atoms with E-state index in [9.17, 15) is 4.79 Å². The van der Waals surface area contributed by atoms with Crippen LogP contribution in [-0.2, 0) is 19.0 Å². The minimum atomic E-state index is -0.492. The summed E-state index contributed by atoms with van der Waals surface area (Å²) in [5.41, 5.74) is 0. The molecule has 0 fully saturated rings. The summed E-state index contributed by atoms with van der Waals surface area (Å²) in [6, 6.07) is 0. The van der Waals surface area contributed by atoms with Gasteiger partial charge < -0.3 is 14.2 Å². The van der Waals surface area contributed by atoms with Gasteiger partial charge in [0.1, 0.15) is 6.61 Å². The summed E-state index contributed by atoms with van der Waals surface area (Å²) in [6.07, 6.45) is -0.563. The highest BCUT2D eigenvalue weighted by molar-refractivity contribution is 5.74. The van der Waals surface area contributed by atoms with E-state index in [0.717, 1.165) is 0 Å². The van der Waals surface area contributed by atoms with Crippen LogP contribution in [-0.4, -0.2) is 38.5 Å². The molecule has 0 spiro atoms. The second-order valence-corrected chi connectivity index (χ2v) is 2.77. The van der Waals surface area contributed by atoms with Crippen LogP contribution in [0.1, 0.15) is 20.8 Å². The van der Waals surface area contributed by atoms with Gasteiger partial charge in [-0.05, 0) is 20.8 Å². The number of ether oxygens (including phenoxy) is 3. The summed E-state index contributed by atoms with van der Waals surface area (Å²) in [6.45, 7) is 6.12. The average Bonchev–Trinajstić information content (AvgIpc) is 2.13. The monoisotopic (exact) mass is 190 g/mol. The molecule has 0 heterocycles. The summed E-state index contributed by atoms with van der Waals surface area (Å²) in [7, 11) is 1.57. The van der Waals surface area contributed by atoms with Gasteiger partial charge in [-0.2, -0.15) is 0 Å². The van der Waals surface area contributed by atoms with E-state index in [1.165, 1.54) is 0 Å². The van der Waals surface area contributed by atoms with Crippen LogP contribution < -0.4 is 0 Å². The summed E-state index contributed by atoms with van der Waals surface area (Å²) >= 11 is 0. The molecule has 0 aromatic carbocycles. The summed E-state index contributed by atoms with van der Waals surface area (Å²) < 4.78 is 14.9. The van der Waals surface area contributed by atoms with Crippen LogP contribution in [0.5, 0.6) is 0 Å². The molecule has 2 atom stereocenters. The lowest BCUT2D eigenvalue weighted by Gasteiger charge is -2.13. The topological polar surface area (TPSA) is 44.8 Å². The zero-order valence-corrected chi connectivity index (χ0v) is 8.70. The molecule has 0 bridgehead atoms. The molecular weight excluding hydrogens is 172 g/mol. The first kappa shape index (κ1) is 12.4. The number of carbonyl (C=O) groups excluding carboxylic acids is 1. The van der Waals surface area contributed by atoms with Crippen molar-refractivity contribution in [2.75, 3.05) is 20.3 Å². The maximum Gasteiger partial charge on any atom is 0.335 e. The number of rotatable bonds is 6. The number of hydrogen-bond acceptors (Lipinski definition) is 4. The van der Waals surface area contributed by atoms with Crippen LogP contribution in [0.3, 0.4) is 0 Å². The molecule has 78 valence electrons. The summed E-state index contributed by atoms with van der Waals surface area (Å²) in [5.74, 6) is -0.342. The summed E-state index contributed by atoms with van der Waals surface area (Å²) in [5, 5.41) is 0. The van der Waals surface area contributed by atoms with Crippen molar-refractivity contribution in [1.82, 2.24) is 0 Å². The van der Waals surface area contributed by atoms with Crippen LogP contribution in [0.15, 0.2) is 0 Å². The molecule has 0 aromatic rings. The van der Waals surface area contributed by atoms with Crippen LogP contribution in [0.25, 0.3) is 0 Å². The molecule has 0 aliphatic carbocycles. The predicted molar refractivity (Wildman–Crippen MR) is 48.5 cm³/mol. The highest BCUT2D eigenvalue weighted by Crippen LogP contribution is 1.96. The Hall–Kier alpha value is -0.610. The third-order valence-corrected chi connectivity index (χ3v) is 1.61. The van der Waals surface area contributed by atoms with E-state index < -0.39 is 6.10 Å². The van der Waals surface area contributed by atoms with Crippen LogP contribution >= 0.6 is 0 Å². The van der Waals surface area contributed by atoms with Gasteiger partial charge in [-0.3, -0.25) is 0 Å². The molecule has 0 aliphatic heterocycles. The molecule has 0 rings (SSSR count). The van der Waals surface area contributed by atoms with Crippen molar-refractivity contribution in [2.24, 2.45) is 0 Å². The van der Waals surface area contributed by atoms with Crippen LogP contribution in [0.4, 0.5) is 0 Å². The average molecular weight is 190 g/mol. The van der Waals surface area contributed by atoms with Gasteiger partial charge in [0.2, 0.25) is 0 Å². The van der Waals surface area contributed by atoms with E-state index in [1.807, 2.05) is 13.8 Å². The molecule has 4 heteroatoms. The first-order valence-corrected chi connectivity index (χ1v) is 4.42. The van der Waals surface area contributed by atoms with Gasteiger partial charge in [0.05, 0.1) is 6.10 Å². The molecular formula is C9H18O4.